The van der Waals surface area contributed by atoms with Crippen LogP contribution in [-0.4, -0.2) is 19.9 Å². The van der Waals surface area contributed by atoms with E-state index in [-0.39, 0.29) is 0 Å². The first kappa shape index (κ1) is 8.91. The molecule has 0 spiro atoms. The number of fused-ring (bicyclic) bond motifs is 1. The number of benzene rings is 1. The molecule has 0 fully saturated rings. The van der Waals surface area contributed by atoms with Gasteiger partial charge in [-0.1, -0.05) is 12.1 Å². The number of rotatable bonds is 2. The van der Waals surface area contributed by atoms with Crippen LogP contribution in [0.25, 0.3) is 0 Å². The molecule has 0 saturated heterocycles. The molecular formula is C10H13NOS. The predicted molar refractivity (Wildman–Crippen MR) is 55.5 cm³/mol. The Balaban J connectivity index is 2.43. The Morgan fingerprint density at radius 2 is 2.38 bits per heavy atom. The zero-order valence-electron chi connectivity index (χ0n) is 7.83. The van der Waals surface area contributed by atoms with E-state index in [1.165, 1.54) is 10.5 Å². The van der Waals surface area contributed by atoms with Gasteiger partial charge in [-0.25, -0.2) is 0 Å². The van der Waals surface area contributed by atoms with E-state index >= 15 is 0 Å². The maximum absolute atomic E-state index is 5.30. The van der Waals surface area contributed by atoms with Crippen LogP contribution in [0.2, 0.25) is 0 Å². The van der Waals surface area contributed by atoms with Crippen molar-refractivity contribution >= 4 is 11.8 Å². The highest BCUT2D eigenvalue weighted by Gasteiger charge is 2.24. The van der Waals surface area contributed by atoms with Gasteiger partial charge in [-0.15, -0.1) is 11.8 Å². The molecule has 1 aromatic carbocycles. The first-order chi connectivity index (χ1) is 6.36. The quantitative estimate of drug-likeness (QED) is 0.780. The Kier molecular flexibility index (Phi) is 2.47. The topological polar surface area (TPSA) is 21.3 Å². The first-order valence-electron chi connectivity index (χ1n) is 4.33. The summed E-state index contributed by atoms with van der Waals surface area (Å²) in [7, 11) is 3.72. The maximum atomic E-state index is 5.30. The molecular weight excluding hydrogens is 182 g/mol. The van der Waals surface area contributed by atoms with E-state index in [4.69, 9.17) is 4.74 Å². The van der Waals surface area contributed by atoms with Crippen molar-refractivity contribution in [3.05, 3.63) is 23.8 Å². The minimum Gasteiger partial charge on any atom is -0.496 e. The van der Waals surface area contributed by atoms with Crippen LogP contribution >= 0.6 is 11.8 Å². The minimum absolute atomic E-state index is 0.482. The largest absolute Gasteiger partial charge is 0.496 e. The zero-order chi connectivity index (χ0) is 9.26. The normalized spacial score (nSPS) is 20.0. The average Bonchev–Trinajstić information content (AvgIpc) is 2.60. The van der Waals surface area contributed by atoms with Gasteiger partial charge >= 0.3 is 0 Å². The van der Waals surface area contributed by atoms with E-state index in [2.05, 4.69) is 11.4 Å². The molecule has 0 aliphatic carbocycles. The lowest BCUT2D eigenvalue weighted by Crippen LogP contribution is -2.15. The lowest BCUT2D eigenvalue weighted by Gasteiger charge is -2.09. The Hall–Kier alpha value is -0.670. The van der Waals surface area contributed by atoms with Crippen LogP contribution in [0.5, 0.6) is 5.75 Å². The molecule has 0 aromatic heterocycles. The second kappa shape index (κ2) is 3.60. The van der Waals surface area contributed by atoms with E-state index in [9.17, 15) is 0 Å². The number of thioether (sulfide) groups is 1. The van der Waals surface area contributed by atoms with Gasteiger partial charge < -0.3 is 10.1 Å². The lowest BCUT2D eigenvalue weighted by atomic mass is 10.1. The molecule has 1 aromatic rings. The third kappa shape index (κ3) is 1.42. The maximum Gasteiger partial charge on any atom is 0.132 e. The van der Waals surface area contributed by atoms with Crippen molar-refractivity contribution in [2.24, 2.45) is 0 Å². The lowest BCUT2D eigenvalue weighted by molar-refractivity contribution is 0.403. The van der Waals surface area contributed by atoms with Crippen molar-refractivity contribution in [1.82, 2.24) is 5.32 Å². The van der Waals surface area contributed by atoms with E-state index in [1.807, 2.05) is 30.9 Å². The molecule has 1 unspecified atom stereocenters. The highest BCUT2D eigenvalue weighted by atomic mass is 32.2. The minimum atomic E-state index is 0.482. The van der Waals surface area contributed by atoms with Crippen molar-refractivity contribution < 1.29 is 4.74 Å². The molecule has 70 valence electrons. The monoisotopic (exact) mass is 195 g/mol. The molecule has 1 aliphatic rings. The van der Waals surface area contributed by atoms with Crippen LogP contribution in [0.15, 0.2) is 23.1 Å². The van der Waals surface area contributed by atoms with Gasteiger partial charge in [0, 0.05) is 11.8 Å². The third-order valence-electron chi connectivity index (χ3n) is 2.35. The van der Waals surface area contributed by atoms with Crippen LogP contribution in [0.3, 0.4) is 0 Å². The highest BCUT2D eigenvalue weighted by molar-refractivity contribution is 7.99. The second-order valence-corrected chi connectivity index (χ2v) is 4.06. The highest BCUT2D eigenvalue weighted by Crippen LogP contribution is 2.43. The predicted octanol–water partition coefficient (Wildman–Crippen LogP) is 2.06. The number of hydrogen-bond donors (Lipinski definition) is 1. The molecule has 0 saturated carbocycles. The Bertz CT molecular complexity index is 314. The Labute approximate surface area is 82.7 Å². The van der Waals surface area contributed by atoms with E-state index in [1.54, 1.807) is 7.11 Å². The molecule has 13 heavy (non-hydrogen) atoms. The van der Waals surface area contributed by atoms with Gasteiger partial charge in [-0.05, 0) is 18.7 Å². The molecule has 2 nitrogen and oxygen atoms in total. The summed E-state index contributed by atoms with van der Waals surface area (Å²) < 4.78 is 5.30. The summed E-state index contributed by atoms with van der Waals surface area (Å²) in [6.07, 6.45) is 0. The van der Waals surface area contributed by atoms with Crippen LogP contribution in [0, 0.1) is 0 Å². The van der Waals surface area contributed by atoms with Crippen LogP contribution in [0.1, 0.15) is 11.6 Å². The summed E-state index contributed by atoms with van der Waals surface area (Å²) in [6.45, 7) is 0. The summed E-state index contributed by atoms with van der Waals surface area (Å²) >= 11 is 1.86. The molecule has 0 radical (unpaired) electrons. The Morgan fingerprint density at radius 3 is 3.08 bits per heavy atom. The van der Waals surface area contributed by atoms with Crippen LogP contribution in [-0.2, 0) is 0 Å². The van der Waals surface area contributed by atoms with E-state index in [0.29, 0.717) is 6.04 Å². The molecule has 0 amide bonds. The first-order valence-corrected chi connectivity index (χ1v) is 5.32. The summed E-state index contributed by atoms with van der Waals surface area (Å²) in [5.41, 5.74) is 1.37. The van der Waals surface area contributed by atoms with Crippen molar-refractivity contribution in [3.8, 4) is 5.75 Å². The fourth-order valence-corrected chi connectivity index (χ4v) is 2.97. The fraction of sp³-hybridized carbons (Fsp3) is 0.400. The smallest absolute Gasteiger partial charge is 0.132 e. The van der Waals surface area contributed by atoms with Gasteiger partial charge in [0.2, 0.25) is 0 Å². The van der Waals surface area contributed by atoms with Crippen LogP contribution in [0.4, 0.5) is 0 Å². The SMILES string of the molecule is CNC1CSc2c(OC)cccc21. The summed E-state index contributed by atoms with van der Waals surface area (Å²) in [5.74, 6) is 2.10. The summed E-state index contributed by atoms with van der Waals surface area (Å²) in [6, 6.07) is 6.71. The van der Waals surface area contributed by atoms with Gasteiger partial charge in [-0.2, -0.15) is 0 Å². The van der Waals surface area contributed by atoms with Crippen molar-refractivity contribution in [2.45, 2.75) is 10.9 Å². The molecule has 1 heterocycles. The van der Waals surface area contributed by atoms with Crippen molar-refractivity contribution in [3.63, 3.8) is 0 Å². The van der Waals surface area contributed by atoms with Gasteiger partial charge in [0.25, 0.3) is 0 Å². The molecule has 2 rings (SSSR count). The van der Waals surface area contributed by atoms with E-state index < -0.39 is 0 Å². The van der Waals surface area contributed by atoms with E-state index in [0.717, 1.165) is 11.5 Å². The standard InChI is InChI=1S/C10H13NOS/c1-11-8-6-13-10-7(8)4-3-5-9(10)12-2/h3-5,8,11H,6H2,1-2H3. The zero-order valence-corrected chi connectivity index (χ0v) is 8.65. The van der Waals surface area contributed by atoms with Crippen molar-refractivity contribution in [1.29, 1.82) is 0 Å². The van der Waals surface area contributed by atoms with Gasteiger partial charge in [-0.3, -0.25) is 0 Å². The average molecular weight is 195 g/mol. The fourth-order valence-electron chi connectivity index (χ4n) is 1.62. The number of ether oxygens (including phenoxy) is 1. The molecule has 1 atom stereocenters. The molecule has 1 N–H and O–H groups in total. The van der Waals surface area contributed by atoms with Crippen LogP contribution < -0.4 is 10.1 Å². The van der Waals surface area contributed by atoms with Gasteiger partial charge in [0.05, 0.1) is 12.0 Å². The summed E-state index contributed by atoms with van der Waals surface area (Å²) in [4.78, 5) is 1.30. The second-order valence-electron chi connectivity index (χ2n) is 3.03. The molecule has 3 heteroatoms. The number of hydrogen-bond acceptors (Lipinski definition) is 3. The third-order valence-corrected chi connectivity index (χ3v) is 3.57. The van der Waals surface area contributed by atoms with Crippen molar-refractivity contribution in [2.75, 3.05) is 19.9 Å². The van der Waals surface area contributed by atoms with Gasteiger partial charge in [0.15, 0.2) is 0 Å². The number of nitrogens with one attached hydrogen (secondary N) is 1. The molecule has 0 bridgehead atoms. The Morgan fingerprint density at radius 1 is 1.54 bits per heavy atom. The number of methoxy groups -OCH3 is 1. The summed E-state index contributed by atoms with van der Waals surface area (Å²) in [5, 5.41) is 3.30. The van der Waals surface area contributed by atoms with Gasteiger partial charge in [0.1, 0.15) is 5.75 Å². The molecule has 1 aliphatic heterocycles.